The number of aryl methyl sites for hydroxylation is 3. The average Bonchev–Trinajstić information content (AvgIpc) is 2.42. The van der Waals surface area contributed by atoms with Gasteiger partial charge in [0.2, 0.25) is 0 Å². The highest BCUT2D eigenvalue weighted by Crippen LogP contribution is 2.16. The van der Waals surface area contributed by atoms with Crippen molar-refractivity contribution in [1.82, 2.24) is 5.43 Å². The highest BCUT2D eigenvalue weighted by atomic mass is 79.9. The smallest absolute Gasteiger partial charge is 0.267 e. The van der Waals surface area contributed by atoms with E-state index in [-0.39, 0.29) is 5.91 Å². The third-order valence-corrected chi connectivity index (χ3v) is 3.91. The molecule has 0 unspecified atom stereocenters. The lowest BCUT2D eigenvalue weighted by Gasteiger charge is -2.07. The van der Waals surface area contributed by atoms with Gasteiger partial charge in [0.15, 0.2) is 0 Å². The van der Waals surface area contributed by atoms with Crippen molar-refractivity contribution in [2.45, 2.75) is 20.8 Å². The van der Waals surface area contributed by atoms with Crippen LogP contribution in [0.5, 0.6) is 0 Å². The van der Waals surface area contributed by atoms with Crippen LogP contribution in [-0.4, -0.2) is 12.1 Å². The summed E-state index contributed by atoms with van der Waals surface area (Å²) in [6, 6.07) is 11.5. The normalized spacial score (nSPS) is 10.9. The minimum Gasteiger partial charge on any atom is -0.267 e. The van der Waals surface area contributed by atoms with E-state index in [2.05, 4.69) is 45.5 Å². The van der Waals surface area contributed by atoms with Gasteiger partial charge in [0.25, 0.3) is 5.91 Å². The summed E-state index contributed by atoms with van der Waals surface area (Å²) in [6.45, 7) is 6.14. The predicted molar refractivity (Wildman–Crippen MR) is 89.9 cm³/mol. The molecule has 0 saturated heterocycles. The molecule has 0 spiro atoms. The molecule has 2 rings (SSSR count). The average molecular weight is 345 g/mol. The number of nitrogens with zero attached hydrogens (tertiary/aromatic N) is 1. The number of hydrazone groups is 1. The molecule has 1 N–H and O–H groups in total. The summed E-state index contributed by atoms with van der Waals surface area (Å²) in [5, 5.41) is 4.06. The molecule has 0 aliphatic carbocycles. The molecule has 0 heterocycles. The van der Waals surface area contributed by atoms with Crippen molar-refractivity contribution in [1.29, 1.82) is 0 Å². The third kappa shape index (κ3) is 3.79. The maximum absolute atomic E-state index is 12.0. The van der Waals surface area contributed by atoms with Crippen LogP contribution < -0.4 is 5.43 Å². The van der Waals surface area contributed by atoms with E-state index < -0.39 is 0 Å². The molecule has 0 saturated carbocycles. The van der Waals surface area contributed by atoms with Crippen LogP contribution in [0.2, 0.25) is 0 Å². The maximum atomic E-state index is 12.0. The van der Waals surface area contributed by atoms with Crippen molar-refractivity contribution < 1.29 is 4.79 Å². The lowest BCUT2D eigenvalue weighted by molar-refractivity contribution is 0.0954. The molecular formula is C17H17BrN2O. The SMILES string of the molecule is Cc1cc(C)c(/C=N\NC(=O)c2ccccc2Br)c(C)c1. The molecule has 3 nitrogen and oxygen atoms in total. The lowest BCUT2D eigenvalue weighted by Crippen LogP contribution is -2.18. The fourth-order valence-corrected chi connectivity index (χ4v) is 2.72. The number of halogens is 1. The molecule has 2 aromatic rings. The van der Waals surface area contributed by atoms with Crippen molar-refractivity contribution in [3.63, 3.8) is 0 Å². The van der Waals surface area contributed by atoms with Crippen LogP contribution in [0.3, 0.4) is 0 Å². The van der Waals surface area contributed by atoms with E-state index in [0.717, 1.165) is 21.2 Å². The molecule has 1 amide bonds. The molecule has 0 radical (unpaired) electrons. The molecule has 2 aromatic carbocycles. The van der Waals surface area contributed by atoms with E-state index in [1.807, 2.05) is 32.0 Å². The summed E-state index contributed by atoms with van der Waals surface area (Å²) in [4.78, 5) is 12.0. The quantitative estimate of drug-likeness (QED) is 0.659. The first kappa shape index (κ1) is 15.4. The van der Waals surface area contributed by atoms with Gasteiger partial charge in [-0.25, -0.2) is 5.43 Å². The number of hydrogen-bond donors (Lipinski definition) is 1. The van der Waals surface area contributed by atoms with Gasteiger partial charge in [0.1, 0.15) is 0 Å². The van der Waals surface area contributed by atoms with E-state index in [4.69, 9.17) is 0 Å². The second-order valence-corrected chi connectivity index (χ2v) is 5.85. The summed E-state index contributed by atoms with van der Waals surface area (Å²) in [5.74, 6) is -0.235. The van der Waals surface area contributed by atoms with Crippen LogP contribution in [0.25, 0.3) is 0 Å². The number of nitrogens with one attached hydrogen (secondary N) is 1. The minimum absolute atomic E-state index is 0.235. The largest absolute Gasteiger partial charge is 0.272 e. The Balaban J connectivity index is 2.13. The summed E-state index contributed by atoms with van der Waals surface area (Å²) in [6.07, 6.45) is 1.69. The van der Waals surface area contributed by atoms with Crippen LogP contribution in [0.1, 0.15) is 32.6 Å². The first-order valence-corrected chi connectivity index (χ1v) is 7.44. The summed E-state index contributed by atoms with van der Waals surface area (Å²) < 4.78 is 0.750. The zero-order chi connectivity index (χ0) is 15.4. The Labute approximate surface area is 133 Å². The van der Waals surface area contributed by atoms with Crippen LogP contribution in [0.15, 0.2) is 46.0 Å². The van der Waals surface area contributed by atoms with E-state index in [1.165, 1.54) is 5.56 Å². The topological polar surface area (TPSA) is 41.5 Å². The van der Waals surface area contributed by atoms with E-state index in [9.17, 15) is 4.79 Å². The highest BCUT2D eigenvalue weighted by Gasteiger charge is 2.07. The third-order valence-electron chi connectivity index (χ3n) is 3.22. The van der Waals surface area contributed by atoms with Crippen molar-refractivity contribution in [3.8, 4) is 0 Å². The zero-order valence-corrected chi connectivity index (χ0v) is 13.9. The number of rotatable bonds is 3. The Morgan fingerprint density at radius 3 is 2.38 bits per heavy atom. The monoisotopic (exact) mass is 344 g/mol. The van der Waals surface area contributed by atoms with Gasteiger partial charge < -0.3 is 0 Å². The Morgan fingerprint density at radius 2 is 1.76 bits per heavy atom. The molecular weight excluding hydrogens is 328 g/mol. The summed E-state index contributed by atoms with van der Waals surface area (Å²) >= 11 is 3.35. The minimum atomic E-state index is -0.235. The van der Waals surface area contributed by atoms with Gasteiger partial charge >= 0.3 is 0 Å². The number of carbonyl (C=O) groups is 1. The Hall–Kier alpha value is -1.94. The van der Waals surface area contributed by atoms with Crippen molar-refractivity contribution in [3.05, 3.63) is 68.7 Å². The summed E-state index contributed by atoms with van der Waals surface area (Å²) in [7, 11) is 0. The molecule has 0 bridgehead atoms. The Kier molecular flexibility index (Phi) is 4.91. The molecule has 0 aromatic heterocycles. The second kappa shape index (κ2) is 6.68. The van der Waals surface area contributed by atoms with Crippen LogP contribution in [-0.2, 0) is 0 Å². The molecule has 108 valence electrons. The van der Waals surface area contributed by atoms with Gasteiger partial charge in [-0.05, 0) is 60.0 Å². The van der Waals surface area contributed by atoms with Gasteiger partial charge in [0.05, 0.1) is 11.8 Å². The standard InChI is InChI=1S/C17H17BrN2O/c1-11-8-12(2)15(13(3)9-11)10-19-20-17(21)14-6-4-5-7-16(14)18/h4-10H,1-3H3,(H,20,21)/b19-10-. The lowest BCUT2D eigenvalue weighted by atomic mass is 10.0. The highest BCUT2D eigenvalue weighted by molar-refractivity contribution is 9.10. The van der Waals surface area contributed by atoms with E-state index in [0.29, 0.717) is 5.56 Å². The molecule has 0 atom stereocenters. The van der Waals surface area contributed by atoms with Crippen molar-refractivity contribution >= 4 is 28.1 Å². The molecule has 0 fully saturated rings. The van der Waals surface area contributed by atoms with E-state index >= 15 is 0 Å². The number of carbonyl (C=O) groups excluding carboxylic acids is 1. The van der Waals surface area contributed by atoms with Gasteiger partial charge in [-0.2, -0.15) is 5.10 Å². The number of hydrogen-bond acceptors (Lipinski definition) is 2. The molecule has 0 aliphatic heterocycles. The molecule has 4 heteroatoms. The number of amides is 1. The van der Waals surface area contributed by atoms with Crippen molar-refractivity contribution in [2.75, 3.05) is 0 Å². The van der Waals surface area contributed by atoms with Crippen molar-refractivity contribution in [2.24, 2.45) is 5.10 Å². The van der Waals surface area contributed by atoms with Crippen LogP contribution >= 0.6 is 15.9 Å². The fraction of sp³-hybridized carbons (Fsp3) is 0.176. The van der Waals surface area contributed by atoms with E-state index in [1.54, 1.807) is 12.3 Å². The Morgan fingerprint density at radius 1 is 1.14 bits per heavy atom. The van der Waals surface area contributed by atoms with Crippen LogP contribution in [0.4, 0.5) is 0 Å². The van der Waals surface area contributed by atoms with Gasteiger partial charge in [-0.1, -0.05) is 29.8 Å². The van der Waals surface area contributed by atoms with Gasteiger partial charge in [0, 0.05) is 10.0 Å². The zero-order valence-electron chi connectivity index (χ0n) is 12.3. The maximum Gasteiger partial charge on any atom is 0.272 e. The van der Waals surface area contributed by atoms with Gasteiger partial charge in [-0.15, -0.1) is 0 Å². The number of benzene rings is 2. The Bertz CT molecular complexity index is 685. The predicted octanol–water partition coefficient (Wildman–Crippen LogP) is 4.14. The summed E-state index contributed by atoms with van der Waals surface area (Å²) in [5.41, 5.74) is 7.67. The fourth-order valence-electron chi connectivity index (χ4n) is 2.26. The molecule has 0 aliphatic rings. The van der Waals surface area contributed by atoms with Gasteiger partial charge in [-0.3, -0.25) is 4.79 Å². The molecule has 21 heavy (non-hydrogen) atoms. The van der Waals surface area contributed by atoms with Crippen LogP contribution in [0, 0.1) is 20.8 Å². The first-order chi connectivity index (χ1) is 9.99. The second-order valence-electron chi connectivity index (χ2n) is 4.99. The first-order valence-electron chi connectivity index (χ1n) is 6.65.